The van der Waals surface area contributed by atoms with Gasteiger partial charge in [-0.05, 0) is 50.8 Å². The topological polar surface area (TPSA) is 66.8 Å². The number of ether oxygens (including phenoxy) is 1. The van der Waals surface area contributed by atoms with Gasteiger partial charge in [-0.25, -0.2) is 4.79 Å². The molecule has 23 heavy (non-hydrogen) atoms. The third kappa shape index (κ3) is 4.61. The van der Waals surface area contributed by atoms with Crippen LogP contribution in [0.1, 0.15) is 38.7 Å². The summed E-state index contributed by atoms with van der Waals surface area (Å²) < 4.78 is 5.35. The van der Waals surface area contributed by atoms with E-state index in [2.05, 4.69) is 0 Å². The Hall–Kier alpha value is -1.75. The molecule has 1 amide bonds. The van der Waals surface area contributed by atoms with Gasteiger partial charge in [-0.15, -0.1) is 0 Å². The van der Waals surface area contributed by atoms with Crippen molar-refractivity contribution in [1.29, 1.82) is 0 Å². The number of hydrogen-bond acceptors (Lipinski definition) is 3. The van der Waals surface area contributed by atoms with Gasteiger partial charge < -0.3 is 14.7 Å². The van der Waals surface area contributed by atoms with Gasteiger partial charge in [-0.1, -0.05) is 23.7 Å². The van der Waals surface area contributed by atoms with E-state index in [1.54, 1.807) is 29.2 Å². The standard InChI is InChI=1S/C17H22ClNO4/c1-17(2,3)23-16(22)19-9-8-12(10-19)14(15(20)21)11-4-6-13(18)7-5-11/h4-7,12,14H,8-10H2,1-3H3,(H,20,21). The second-order valence-corrected chi connectivity index (χ2v) is 7.28. The van der Waals surface area contributed by atoms with E-state index in [9.17, 15) is 14.7 Å². The lowest BCUT2D eigenvalue weighted by atomic mass is 9.85. The molecule has 0 aliphatic carbocycles. The Morgan fingerprint density at radius 1 is 1.30 bits per heavy atom. The van der Waals surface area contributed by atoms with Gasteiger partial charge in [0.05, 0.1) is 5.92 Å². The van der Waals surface area contributed by atoms with E-state index in [0.717, 1.165) is 0 Å². The summed E-state index contributed by atoms with van der Waals surface area (Å²) >= 11 is 5.86. The number of likely N-dealkylation sites (tertiary alicyclic amines) is 1. The normalized spacial score (nSPS) is 19.5. The molecule has 0 aromatic heterocycles. The van der Waals surface area contributed by atoms with E-state index in [1.807, 2.05) is 20.8 Å². The summed E-state index contributed by atoms with van der Waals surface area (Å²) in [7, 11) is 0. The van der Waals surface area contributed by atoms with Crippen LogP contribution < -0.4 is 0 Å². The fourth-order valence-corrected chi connectivity index (χ4v) is 2.96. The molecule has 0 bridgehead atoms. The number of rotatable bonds is 3. The molecule has 1 aromatic rings. The molecule has 1 heterocycles. The molecular formula is C17H22ClNO4. The SMILES string of the molecule is CC(C)(C)OC(=O)N1CCC(C(C(=O)O)c2ccc(Cl)cc2)C1. The van der Waals surface area contributed by atoms with Crippen LogP contribution in [0.25, 0.3) is 0 Å². The van der Waals surface area contributed by atoms with Crippen LogP contribution in [0.2, 0.25) is 5.02 Å². The van der Waals surface area contributed by atoms with E-state index in [-0.39, 0.29) is 12.0 Å². The van der Waals surface area contributed by atoms with Crippen LogP contribution in [-0.4, -0.2) is 40.8 Å². The molecule has 0 spiro atoms. The molecule has 1 aliphatic heterocycles. The first-order valence-electron chi connectivity index (χ1n) is 7.63. The van der Waals surface area contributed by atoms with Crippen molar-refractivity contribution in [3.8, 4) is 0 Å². The number of hydrogen-bond donors (Lipinski definition) is 1. The molecule has 2 rings (SSSR count). The Bertz CT molecular complexity index is 579. The molecule has 6 heteroatoms. The van der Waals surface area contributed by atoms with Gasteiger partial charge >= 0.3 is 12.1 Å². The number of halogens is 1. The molecule has 0 saturated carbocycles. The number of carbonyl (C=O) groups is 2. The van der Waals surface area contributed by atoms with Gasteiger partial charge in [0.15, 0.2) is 0 Å². The van der Waals surface area contributed by atoms with Crippen molar-refractivity contribution in [3.05, 3.63) is 34.9 Å². The number of carbonyl (C=O) groups excluding carboxylic acids is 1. The van der Waals surface area contributed by atoms with Gasteiger partial charge in [0, 0.05) is 18.1 Å². The quantitative estimate of drug-likeness (QED) is 0.910. The summed E-state index contributed by atoms with van der Waals surface area (Å²) in [5.74, 6) is -1.68. The predicted octanol–water partition coefficient (Wildman–Crippen LogP) is 3.77. The second kappa shape index (κ2) is 6.79. The van der Waals surface area contributed by atoms with E-state index >= 15 is 0 Å². The van der Waals surface area contributed by atoms with Crippen LogP contribution in [-0.2, 0) is 9.53 Å². The third-order valence-electron chi connectivity index (χ3n) is 3.84. The first-order valence-corrected chi connectivity index (χ1v) is 8.01. The Morgan fingerprint density at radius 2 is 1.91 bits per heavy atom. The molecule has 126 valence electrons. The fourth-order valence-electron chi connectivity index (χ4n) is 2.84. The lowest BCUT2D eigenvalue weighted by molar-refractivity contribution is -0.140. The number of benzene rings is 1. The number of nitrogens with zero attached hydrogens (tertiary/aromatic N) is 1. The van der Waals surface area contributed by atoms with E-state index < -0.39 is 17.5 Å². The van der Waals surface area contributed by atoms with Gasteiger partial charge in [0.1, 0.15) is 5.60 Å². The summed E-state index contributed by atoms with van der Waals surface area (Å²) in [4.78, 5) is 25.4. The van der Waals surface area contributed by atoms with Crippen molar-refractivity contribution in [3.63, 3.8) is 0 Å². The Kier molecular flexibility index (Phi) is 5.19. The Balaban J connectivity index is 2.09. The van der Waals surface area contributed by atoms with Crippen LogP contribution in [0, 0.1) is 5.92 Å². The molecule has 1 aliphatic rings. The number of carboxylic acid groups (broad SMARTS) is 1. The summed E-state index contributed by atoms with van der Waals surface area (Å²) in [6.07, 6.45) is 0.249. The number of aliphatic carboxylic acids is 1. The minimum Gasteiger partial charge on any atom is -0.481 e. The van der Waals surface area contributed by atoms with E-state index in [1.165, 1.54) is 0 Å². The third-order valence-corrected chi connectivity index (χ3v) is 4.09. The van der Waals surface area contributed by atoms with Crippen LogP contribution in [0.5, 0.6) is 0 Å². The zero-order valence-corrected chi connectivity index (χ0v) is 14.3. The molecule has 1 saturated heterocycles. The zero-order chi connectivity index (χ0) is 17.2. The average Bonchev–Trinajstić information content (AvgIpc) is 2.88. The maximum absolute atomic E-state index is 12.1. The molecule has 1 fully saturated rings. The van der Waals surface area contributed by atoms with Gasteiger partial charge in [-0.2, -0.15) is 0 Å². The van der Waals surface area contributed by atoms with Crippen molar-refractivity contribution in [1.82, 2.24) is 4.90 Å². The first kappa shape index (κ1) is 17.6. The van der Waals surface area contributed by atoms with E-state index in [0.29, 0.717) is 30.1 Å². The Labute approximate surface area is 141 Å². The maximum atomic E-state index is 12.1. The highest BCUT2D eigenvalue weighted by Gasteiger charge is 2.37. The van der Waals surface area contributed by atoms with Crippen LogP contribution in [0.3, 0.4) is 0 Å². The van der Waals surface area contributed by atoms with Crippen molar-refractivity contribution < 1.29 is 19.4 Å². The van der Waals surface area contributed by atoms with Gasteiger partial charge in [0.2, 0.25) is 0 Å². The molecule has 2 unspecified atom stereocenters. The molecule has 2 atom stereocenters. The lowest BCUT2D eigenvalue weighted by Gasteiger charge is -2.25. The van der Waals surface area contributed by atoms with Crippen LogP contribution in [0.4, 0.5) is 4.79 Å². The smallest absolute Gasteiger partial charge is 0.410 e. The number of amides is 1. The molecular weight excluding hydrogens is 318 g/mol. The molecule has 0 radical (unpaired) electrons. The zero-order valence-electron chi connectivity index (χ0n) is 13.6. The van der Waals surface area contributed by atoms with Crippen molar-refractivity contribution >= 4 is 23.7 Å². The highest BCUT2D eigenvalue weighted by Crippen LogP contribution is 2.33. The lowest BCUT2D eigenvalue weighted by Crippen LogP contribution is -2.36. The summed E-state index contributed by atoms with van der Waals surface area (Å²) in [5.41, 5.74) is 0.148. The highest BCUT2D eigenvalue weighted by atomic mass is 35.5. The second-order valence-electron chi connectivity index (χ2n) is 6.84. The molecule has 5 nitrogen and oxygen atoms in total. The van der Waals surface area contributed by atoms with Crippen molar-refractivity contribution in [2.24, 2.45) is 5.92 Å². The highest BCUT2D eigenvalue weighted by molar-refractivity contribution is 6.30. The largest absolute Gasteiger partial charge is 0.481 e. The first-order chi connectivity index (χ1) is 10.7. The van der Waals surface area contributed by atoms with Crippen molar-refractivity contribution in [2.75, 3.05) is 13.1 Å². The Morgan fingerprint density at radius 3 is 2.43 bits per heavy atom. The number of carboxylic acids is 1. The van der Waals surface area contributed by atoms with E-state index in [4.69, 9.17) is 16.3 Å². The maximum Gasteiger partial charge on any atom is 0.410 e. The summed E-state index contributed by atoms with van der Waals surface area (Å²) in [6, 6.07) is 6.84. The van der Waals surface area contributed by atoms with Crippen molar-refractivity contribution in [2.45, 2.75) is 38.7 Å². The van der Waals surface area contributed by atoms with Gasteiger partial charge in [0.25, 0.3) is 0 Å². The van der Waals surface area contributed by atoms with Gasteiger partial charge in [-0.3, -0.25) is 4.79 Å². The van der Waals surface area contributed by atoms with Crippen LogP contribution >= 0.6 is 11.6 Å². The fraction of sp³-hybridized carbons (Fsp3) is 0.529. The minimum absolute atomic E-state index is 0.138. The predicted molar refractivity (Wildman–Crippen MR) is 87.7 cm³/mol. The van der Waals surface area contributed by atoms with Crippen LogP contribution in [0.15, 0.2) is 24.3 Å². The average molecular weight is 340 g/mol. The summed E-state index contributed by atoms with van der Waals surface area (Å²) in [5, 5.41) is 10.2. The molecule has 1 N–H and O–H groups in total. The minimum atomic E-state index is -0.886. The molecule has 1 aromatic carbocycles. The summed E-state index contributed by atoms with van der Waals surface area (Å²) in [6.45, 7) is 6.33. The monoisotopic (exact) mass is 339 g/mol.